The van der Waals surface area contributed by atoms with Crippen LogP contribution in [-0.4, -0.2) is 60.0 Å². The van der Waals surface area contributed by atoms with Crippen LogP contribution >= 0.6 is 0 Å². The highest BCUT2D eigenvalue weighted by atomic mass is 15.4. The van der Waals surface area contributed by atoms with E-state index in [-0.39, 0.29) is 16.2 Å². The molecule has 4 aromatic heterocycles. The predicted octanol–water partition coefficient (Wildman–Crippen LogP) is 20.8. The fraction of sp³-hybridized carbons (Fsp3) is 0.816. The predicted molar refractivity (Wildman–Crippen MR) is 376 cm³/mol. The Balaban J connectivity index is 0.000000587. The number of unbranched alkanes of at least 4 members (excludes halogenated alkanes) is 29. The molecule has 0 aliphatic carbocycles. The van der Waals surface area contributed by atoms with Crippen LogP contribution < -0.4 is 0 Å². The van der Waals surface area contributed by atoms with Crippen LogP contribution in [0.5, 0.6) is 0 Å². The minimum atomic E-state index is 0.152. The first kappa shape index (κ1) is 81.3. The smallest absolute Gasteiger partial charge is 0.0824 e. The van der Waals surface area contributed by atoms with E-state index in [0.29, 0.717) is 5.41 Å². The lowest BCUT2D eigenvalue weighted by molar-refractivity contribution is 0.356. The van der Waals surface area contributed by atoms with Crippen molar-refractivity contribution < 1.29 is 0 Å². The van der Waals surface area contributed by atoms with E-state index in [4.69, 9.17) is 0 Å². The normalized spacial score (nSPS) is 11.5. The largest absolute Gasteiger partial charge is 0.252 e. The van der Waals surface area contributed by atoms with Gasteiger partial charge in [0.1, 0.15) is 0 Å². The van der Waals surface area contributed by atoms with E-state index in [2.05, 4.69) is 212 Å². The van der Waals surface area contributed by atoms with Crippen LogP contribution in [0, 0.1) is 57.2 Å². The van der Waals surface area contributed by atoms with E-state index in [9.17, 15) is 0 Å². The summed E-state index contributed by atoms with van der Waals surface area (Å²) >= 11 is 0. The van der Waals surface area contributed by atoms with Gasteiger partial charge in [-0.05, 0) is 145 Å². The molecule has 0 N–H and O–H groups in total. The molecule has 0 bridgehead atoms. The first-order valence-corrected chi connectivity index (χ1v) is 36.1. The SMILES string of the molecule is CCc1cn(CCCCCCCCC#CC(C)(C)C)nn1.CCc1cn(CCCCCCCCCC#CC(C)(C)C)nn1.CCc1cn(CCCCCCCCCCC#CC(C)(C)C)nn1.CCc1cn(CCCCCCCCCCCC(C)(C)C)nn1. The molecule has 4 rings (SSSR count). The molecule has 0 amide bonds. The van der Waals surface area contributed by atoms with Crippen molar-refractivity contribution in [3.05, 3.63) is 47.6 Å². The van der Waals surface area contributed by atoms with E-state index in [0.717, 1.165) is 93.9 Å². The van der Waals surface area contributed by atoms with E-state index >= 15 is 0 Å². The molecular weight excluding hydrogens is 1080 g/mol. The standard InChI is InChI=1S/C20H35N3.C19H37N3.C19H33N3.C18H31N3/c1-5-19-18-23(22-21-19)17-15-13-11-9-7-6-8-10-12-14-16-20(2,3)4;2*1-5-18-17-22(21-20-18)16-14-12-10-8-6-7-9-11-13-15-19(2,3)4;1-5-17-16-21(20-19-17)15-13-11-9-7-6-8-10-12-14-18(2,3)4/h18H,5-13,15,17H2,1-4H3;17H,5-16H2,1-4H3;17H,5-12,14,16H2,1-4H3;16H,5-11,13,15H2,1-4H3. The van der Waals surface area contributed by atoms with E-state index < -0.39 is 0 Å². The van der Waals surface area contributed by atoms with Gasteiger partial charge in [0.2, 0.25) is 0 Å². The average molecular weight is 1220 g/mol. The van der Waals surface area contributed by atoms with Crippen molar-refractivity contribution in [2.45, 2.75) is 381 Å². The van der Waals surface area contributed by atoms with Gasteiger partial charge in [0.15, 0.2) is 0 Å². The Hall–Kier alpha value is -4.76. The number of hydrogen-bond donors (Lipinski definition) is 0. The van der Waals surface area contributed by atoms with Gasteiger partial charge in [0, 0.05) is 86.5 Å². The lowest BCUT2D eigenvalue weighted by Gasteiger charge is -2.17. The molecule has 0 radical (unpaired) electrons. The van der Waals surface area contributed by atoms with Crippen molar-refractivity contribution in [3.63, 3.8) is 0 Å². The zero-order valence-electron chi connectivity index (χ0n) is 60.4. The summed E-state index contributed by atoms with van der Waals surface area (Å²) in [6.45, 7) is 39.1. The lowest BCUT2D eigenvalue weighted by Crippen LogP contribution is -2.03. The summed E-state index contributed by atoms with van der Waals surface area (Å²) in [5, 5.41) is 33.0. The molecule has 0 fully saturated rings. The third kappa shape index (κ3) is 53.1. The minimum Gasteiger partial charge on any atom is -0.252 e. The summed E-state index contributed by atoms with van der Waals surface area (Å²) < 4.78 is 7.93. The summed E-state index contributed by atoms with van der Waals surface area (Å²) in [6.07, 6.45) is 56.5. The van der Waals surface area contributed by atoms with Crippen molar-refractivity contribution in [1.82, 2.24) is 60.0 Å². The fourth-order valence-corrected chi connectivity index (χ4v) is 9.70. The van der Waals surface area contributed by atoms with Gasteiger partial charge in [-0.3, -0.25) is 18.7 Å². The van der Waals surface area contributed by atoms with E-state index in [1.165, 1.54) is 199 Å². The fourth-order valence-electron chi connectivity index (χ4n) is 9.70. The number of nitrogens with zero attached hydrogens (tertiary/aromatic N) is 12. The molecule has 12 heteroatoms. The van der Waals surface area contributed by atoms with Crippen LogP contribution in [-0.2, 0) is 51.9 Å². The quantitative estimate of drug-likeness (QED) is 0.0317. The number of hydrogen-bond acceptors (Lipinski definition) is 8. The van der Waals surface area contributed by atoms with Gasteiger partial charge >= 0.3 is 0 Å². The van der Waals surface area contributed by atoms with Gasteiger partial charge in [-0.1, -0.05) is 235 Å². The molecule has 500 valence electrons. The molecule has 0 aromatic carbocycles. The Labute approximate surface area is 543 Å². The maximum absolute atomic E-state index is 4.15. The highest BCUT2D eigenvalue weighted by Crippen LogP contribution is 2.23. The Bertz CT molecular complexity index is 2420. The molecule has 0 aliphatic rings. The summed E-state index contributed by atoms with van der Waals surface area (Å²) in [7, 11) is 0. The first-order valence-electron chi connectivity index (χ1n) is 36.1. The maximum Gasteiger partial charge on any atom is 0.0824 e. The molecule has 4 aromatic rings. The molecule has 0 saturated heterocycles. The number of rotatable bonds is 42. The zero-order chi connectivity index (χ0) is 65.0. The van der Waals surface area contributed by atoms with Crippen LogP contribution in [0.2, 0.25) is 0 Å². The third-order valence-corrected chi connectivity index (χ3v) is 15.1. The van der Waals surface area contributed by atoms with Crippen molar-refractivity contribution in [2.75, 3.05) is 0 Å². The van der Waals surface area contributed by atoms with Crippen molar-refractivity contribution >= 4 is 0 Å². The van der Waals surface area contributed by atoms with Crippen LogP contribution in [0.4, 0.5) is 0 Å². The summed E-state index contributed by atoms with van der Waals surface area (Å²) in [6, 6.07) is 0. The Kier molecular flexibility index (Phi) is 47.0. The van der Waals surface area contributed by atoms with Crippen LogP contribution in [0.15, 0.2) is 24.8 Å². The molecule has 0 spiro atoms. The second-order valence-corrected chi connectivity index (χ2v) is 29.1. The molecule has 12 nitrogen and oxygen atoms in total. The molecule has 0 atom stereocenters. The van der Waals surface area contributed by atoms with Gasteiger partial charge in [0.05, 0.1) is 22.8 Å². The monoisotopic (exact) mass is 1220 g/mol. The highest BCUT2D eigenvalue weighted by Gasteiger charge is 2.10. The number of aryl methyl sites for hydroxylation is 8. The number of aromatic nitrogens is 12. The first-order chi connectivity index (χ1) is 42.0. The van der Waals surface area contributed by atoms with Crippen LogP contribution in [0.25, 0.3) is 0 Å². The molecular formula is C76H136N12. The highest BCUT2D eigenvalue weighted by molar-refractivity contribution is 5.08. The van der Waals surface area contributed by atoms with Crippen LogP contribution in [0.3, 0.4) is 0 Å². The van der Waals surface area contributed by atoms with E-state index in [1.807, 2.05) is 18.7 Å². The second-order valence-electron chi connectivity index (χ2n) is 29.1. The van der Waals surface area contributed by atoms with Gasteiger partial charge in [-0.2, -0.15) is 0 Å². The minimum absolute atomic E-state index is 0.152. The Morgan fingerprint density at radius 1 is 0.273 bits per heavy atom. The summed E-state index contributed by atoms with van der Waals surface area (Å²) in [5.41, 5.74) is 5.36. The van der Waals surface area contributed by atoms with Crippen molar-refractivity contribution in [1.29, 1.82) is 0 Å². The average Bonchev–Trinajstić information content (AvgIpc) is 4.36. The molecule has 0 unspecified atom stereocenters. The molecule has 0 aliphatic heterocycles. The van der Waals surface area contributed by atoms with Gasteiger partial charge in [0.25, 0.3) is 0 Å². The third-order valence-electron chi connectivity index (χ3n) is 15.1. The summed E-state index contributed by atoms with van der Waals surface area (Å²) in [4.78, 5) is 0. The Morgan fingerprint density at radius 2 is 0.466 bits per heavy atom. The van der Waals surface area contributed by atoms with Gasteiger partial charge < -0.3 is 0 Å². The molecule has 4 heterocycles. The second kappa shape index (κ2) is 50.9. The van der Waals surface area contributed by atoms with E-state index in [1.54, 1.807) is 0 Å². The van der Waals surface area contributed by atoms with Crippen molar-refractivity contribution in [2.24, 2.45) is 21.7 Å². The molecule has 88 heavy (non-hydrogen) atoms. The Morgan fingerprint density at radius 3 is 0.648 bits per heavy atom. The summed E-state index contributed by atoms with van der Waals surface area (Å²) in [5.74, 6) is 19.8. The van der Waals surface area contributed by atoms with Crippen LogP contribution in [0.1, 0.15) is 352 Å². The van der Waals surface area contributed by atoms with Gasteiger partial charge in [-0.25, -0.2) is 0 Å². The zero-order valence-corrected chi connectivity index (χ0v) is 60.4. The van der Waals surface area contributed by atoms with Gasteiger partial charge in [-0.15, -0.1) is 38.2 Å². The lowest BCUT2D eigenvalue weighted by atomic mass is 9.89. The molecule has 0 saturated carbocycles. The van der Waals surface area contributed by atoms with Crippen molar-refractivity contribution in [3.8, 4) is 35.5 Å². The maximum atomic E-state index is 4.15. The topological polar surface area (TPSA) is 123 Å².